The number of nitrogens with two attached hydrogens (primary N) is 1. The van der Waals surface area contributed by atoms with E-state index in [1.54, 1.807) is 13.8 Å². The molecule has 0 saturated carbocycles. The fourth-order valence-electron chi connectivity index (χ4n) is 4.12. The summed E-state index contributed by atoms with van der Waals surface area (Å²) in [4.78, 5) is 88.3. The number of rotatable bonds is 21. The van der Waals surface area contributed by atoms with Crippen molar-refractivity contribution < 1.29 is 69.3 Å². The average molecular weight is 710 g/mol. The highest BCUT2D eigenvalue weighted by Gasteiger charge is 2.37. The Hall–Kier alpha value is -3.99. The Morgan fingerprint density at radius 3 is 1.14 bits per heavy atom. The van der Waals surface area contributed by atoms with Gasteiger partial charge in [0.25, 0.3) is 0 Å². The molecule has 21 heteroatoms. The highest BCUT2D eigenvalue weighted by molar-refractivity contribution is 5.97. The average Bonchev–Trinajstić information content (AvgIpc) is 2.99. The minimum atomic E-state index is -1.88. The predicted octanol–water partition coefficient (Wildman–Crippen LogP) is -7.14. The second-order valence-electron chi connectivity index (χ2n) is 12.0. The molecule has 0 unspecified atom stereocenters. The monoisotopic (exact) mass is 709 g/mol. The number of amides is 6. The zero-order valence-electron chi connectivity index (χ0n) is 28.1. The molecule has 0 heterocycles. The van der Waals surface area contributed by atoms with Crippen molar-refractivity contribution in [3.05, 3.63) is 0 Å². The van der Waals surface area contributed by atoms with Gasteiger partial charge in [-0.2, -0.15) is 0 Å². The van der Waals surface area contributed by atoms with Gasteiger partial charge in [0.05, 0.1) is 37.6 Å². The summed E-state index contributed by atoms with van der Waals surface area (Å²) in [5, 5.41) is 81.0. The molecule has 11 atom stereocenters. The smallest absolute Gasteiger partial charge is 0.328 e. The van der Waals surface area contributed by atoms with E-state index in [1.807, 2.05) is 10.6 Å². The number of carbonyl (C=O) groups excluding carboxylic acids is 6. The lowest BCUT2D eigenvalue weighted by Crippen LogP contribution is -2.64. The molecule has 0 aromatic rings. The quantitative estimate of drug-likeness (QED) is 0.0526. The zero-order chi connectivity index (χ0) is 38.3. The molecule has 0 saturated heterocycles. The molecule has 6 amide bonds. The summed E-state index contributed by atoms with van der Waals surface area (Å²) < 4.78 is 0. The van der Waals surface area contributed by atoms with E-state index in [1.165, 1.54) is 0 Å². The Bertz CT molecular complexity index is 1150. The number of hydrogen-bond donors (Lipinski definition) is 14. The molecule has 0 aromatic heterocycles. The van der Waals surface area contributed by atoms with E-state index in [9.17, 15) is 59.1 Å². The molecule has 0 bridgehead atoms. The van der Waals surface area contributed by atoms with Crippen LogP contribution in [0.15, 0.2) is 0 Å². The van der Waals surface area contributed by atoms with Crippen LogP contribution in [0.5, 0.6) is 0 Å². The maximum absolute atomic E-state index is 13.2. The van der Waals surface area contributed by atoms with Crippen LogP contribution < -0.4 is 37.6 Å². The number of aliphatic carboxylic acids is 1. The number of carbonyl (C=O) groups is 7. The number of nitrogens with one attached hydrogen (secondary N) is 6. The van der Waals surface area contributed by atoms with Crippen LogP contribution in [-0.2, 0) is 33.6 Å². The third-order valence-electron chi connectivity index (χ3n) is 6.92. The van der Waals surface area contributed by atoms with Gasteiger partial charge in [-0.1, -0.05) is 13.8 Å². The molecule has 0 fully saturated rings. The standard InChI is InChI=1S/C28H51N7O14/c1-10(2)7-16(30-22(42)15(29)8-36)23(43)32-19(12(4)39)26(46)34-20(13(5)40)27(47)33-18(11(3)38)25(45)31-17(9-37)24(44)35-21(14(6)41)28(48)49/h10-21,36-41H,7-9,29H2,1-6H3,(H,30,42)(H,31,45)(H,32,43)(H,33,47)(H,34,46)(H,35,44)(H,48,49)/t11-,12-,13-,14-,15+,16+,17+,18+,19+,20+,21+/m1/s1. The maximum Gasteiger partial charge on any atom is 0.328 e. The number of aliphatic hydroxyl groups is 6. The minimum absolute atomic E-state index is 0.0604. The van der Waals surface area contributed by atoms with Gasteiger partial charge in [0.2, 0.25) is 35.4 Å². The van der Waals surface area contributed by atoms with Crippen LogP contribution in [0.2, 0.25) is 0 Å². The van der Waals surface area contributed by atoms with Crippen LogP contribution in [0, 0.1) is 5.92 Å². The van der Waals surface area contributed by atoms with Crippen molar-refractivity contribution in [3.63, 3.8) is 0 Å². The summed E-state index contributed by atoms with van der Waals surface area (Å²) in [6, 6.07) is -11.7. The topological polar surface area (TPSA) is 359 Å². The van der Waals surface area contributed by atoms with Gasteiger partial charge in [0.1, 0.15) is 36.3 Å². The Labute approximate surface area is 282 Å². The number of hydrogen-bond acceptors (Lipinski definition) is 14. The van der Waals surface area contributed by atoms with Crippen molar-refractivity contribution >= 4 is 41.4 Å². The second kappa shape index (κ2) is 21.2. The molecule has 0 aliphatic rings. The minimum Gasteiger partial charge on any atom is -0.480 e. The fraction of sp³-hybridized carbons (Fsp3) is 0.750. The van der Waals surface area contributed by atoms with Gasteiger partial charge < -0.3 is 73.4 Å². The van der Waals surface area contributed by atoms with Crippen LogP contribution in [-0.4, -0.2) is 157 Å². The molecule has 15 N–H and O–H groups in total. The Morgan fingerprint density at radius 2 is 0.816 bits per heavy atom. The molecule has 0 aliphatic carbocycles. The van der Waals surface area contributed by atoms with Crippen LogP contribution in [0.4, 0.5) is 0 Å². The fourth-order valence-corrected chi connectivity index (χ4v) is 4.12. The first-order chi connectivity index (χ1) is 22.6. The van der Waals surface area contributed by atoms with E-state index in [-0.39, 0.29) is 12.3 Å². The highest BCUT2D eigenvalue weighted by atomic mass is 16.4. The molecular formula is C28H51N7O14. The van der Waals surface area contributed by atoms with E-state index < -0.39 is 121 Å². The summed E-state index contributed by atoms with van der Waals surface area (Å²) in [5.74, 6) is -8.50. The molecule has 0 spiro atoms. The van der Waals surface area contributed by atoms with E-state index in [0.29, 0.717) is 0 Å². The van der Waals surface area contributed by atoms with Gasteiger partial charge in [-0.25, -0.2) is 4.79 Å². The molecular weight excluding hydrogens is 658 g/mol. The van der Waals surface area contributed by atoms with Crippen LogP contribution in [0.1, 0.15) is 48.0 Å². The van der Waals surface area contributed by atoms with E-state index in [4.69, 9.17) is 15.9 Å². The van der Waals surface area contributed by atoms with E-state index >= 15 is 0 Å². The first kappa shape index (κ1) is 45.0. The lowest BCUT2D eigenvalue weighted by atomic mass is 10.0. The summed E-state index contributed by atoms with van der Waals surface area (Å²) in [7, 11) is 0. The number of aliphatic hydroxyl groups excluding tert-OH is 6. The Balaban J connectivity index is 5.93. The highest BCUT2D eigenvalue weighted by Crippen LogP contribution is 2.08. The van der Waals surface area contributed by atoms with Gasteiger partial charge in [-0.15, -0.1) is 0 Å². The van der Waals surface area contributed by atoms with Gasteiger partial charge in [-0.05, 0) is 40.0 Å². The first-order valence-electron chi connectivity index (χ1n) is 15.3. The van der Waals surface area contributed by atoms with Crippen molar-refractivity contribution in [1.82, 2.24) is 31.9 Å². The van der Waals surface area contributed by atoms with Crippen molar-refractivity contribution in [1.29, 1.82) is 0 Å². The second-order valence-corrected chi connectivity index (χ2v) is 12.0. The molecule has 0 rings (SSSR count). The van der Waals surface area contributed by atoms with Crippen molar-refractivity contribution in [3.8, 4) is 0 Å². The largest absolute Gasteiger partial charge is 0.480 e. The van der Waals surface area contributed by atoms with Gasteiger partial charge >= 0.3 is 5.97 Å². The summed E-state index contributed by atoms with van der Waals surface area (Å²) in [5.41, 5.74) is 5.50. The Morgan fingerprint density at radius 1 is 0.490 bits per heavy atom. The first-order valence-corrected chi connectivity index (χ1v) is 15.3. The van der Waals surface area contributed by atoms with Crippen molar-refractivity contribution in [2.24, 2.45) is 11.7 Å². The lowest BCUT2D eigenvalue weighted by molar-refractivity contribution is -0.145. The molecule has 21 nitrogen and oxygen atoms in total. The lowest BCUT2D eigenvalue weighted by Gasteiger charge is -2.30. The normalized spacial score (nSPS) is 18.1. The van der Waals surface area contributed by atoms with Gasteiger partial charge in [-0.3, -0.25) is 28.8 Å². The van der Waals surface area contributed by atoms with Gasteiger partial charge in [0.15, 0.2) is 6.04 Å². The molecule has 0 radical (unpaired) electrons. The number of carboxylic acids is 1. The van der Waals surface area contributed by atoms with E-state index in [0.717, 1.165) is 27.7 Å². The molecule has 282 valence electrons. The SMILES string of the molecule is CC(C)C[C@H](NC(=O)[C@@H](N)CO)C(=O)N[C@H](C(=O)N[C@H](C(=O)N[C@H](C(=O)N[C@@H](CO)C(=O)N[C@H](C(=O)O)[C@@H](C)O)[C@@H](C)O)[C@@H](C)O)[C@@H](C)O. The summed E-state index contributed by atoms with van der Waals surface area (Å²) >= 11 is 0. The Kier molecular flexibility index (Phi) is 19.4. The van der Waals surface area contributed by atoms with E-state index in [2.05, 4.69) is 21.3 Å². The summed E-state index contributed by atoms with van der Waals surface area (Å²) in [6.45, 7) is 6.00. The van der Waals surface area contributed by atoms with Crippen LogP contribution in [0.3, 0.4) is 0 Å². The van der Waals surface area contributed by atoms with Crippen molar-refractivity contribution in [2.75, 3.05) is 13.2 Å². The number of carboxylic acid groups (broad SMARTS) is 1. The van der Waals surface area contributed by atoms with Crippen LogP contribution in [0.25, 0.3) is 0 Å². The molecule has 49 heavy (non-hydrogen) atoms. The summed E-state index contributed by atoms with van der Waals surface area (Å²) in [6.07, 6.45) is -6.45. The molecule has 0 aliphatic heterocycles. The zero-order valence-corrected chi connectivity index (χ0v) is 28.1. The third-order valence-corrected chi connectivity index (χ3v) is 6.92. The third kappa shape index (κ3) is 15.0. The van der Waals surface area contributed by atoms with Crippen LogP contribution >= 0.6 is 0 Å². The predicted molar refractivity (Wildman–Crippen MR) is 168 cm³/mol. The van der Waals surface area contributed by atoms with Gasteiger partial charge in [0, 0.05) is 0 Å². The molecule has 0 aromatic carbocycles. The maximum atomic E-state index is 13.2. The van der Waals surface area contributed by atoms with Crippen molar-refractivity contribution in [2.45, 2.75) is 115 Å².